The Kier molecular flexibility index (Phi) is 3.29. The lowest BCUT2D eigenvalue weighted by Gasteiger charge is -2.20. The van der Waals surface area contributed by atoms with E-state index in [1.54, 1.807) is 15.7 Å². The maximum Gasteiger partial charge on any atom is 0.193 e. The third kappa shape index (κ3) is 2.13. The van der Waals surface area contributed by atoms with Gasteiger partial charge in [0, 0.05) is 37.9 Å². The van der Waals surface area contributed by atoms with Crippen molar-refractivity contribution in [2.75, 3.05) is 23.7 Å². The third-order valence-corrected chi connectivity index (χ3v) is 3.93. The summed E-state index contributed by atoms with van der Waals surface area (Å²) in [4.78, 5) is 18.1. The van der Waals surface area contributed by atoms with Gasteiger partial charge in [-0.3, -0.25) is 4.79 Å². The summed E-state index contributed by atoms with van der Waals surface area (Å²) in [7, 11) is 0. The van der Waals surface area contributed by atoms with E-state index in [2.05, 4.69) is 4.98 Å². The van der Waals surface area contributed by atoms with Crippen LogP contribution in [0, 0.1) is 5.82 Å². The van der Waals surface area contributed by atoms with Crippen LogP contribution in [0.25, 0.3) is 11.0 Å². The summed E-state index contributed by atoms with van der Waals surface area (Å²) in [5.41, 5.74) is 11.7. The highest BCUT2D eigenvalue weighted by Gasteiger charge is 2.26. The minimum absolute atomic E-state index is 0.00672. The van der Waals surface area contributed by atoms with Crippen LogP contribution in [-0.2, 0) is 6.54 Å². The van der Waals surface area contributed by atoms with E-state index in [9.17, 15) is 9.18 Å². The van der Waals surface area contributed by atoms with Crippen LogP contribution in [0.2, 0.25) is 0 Å². The number of aromatic nitrogens is 2. The number of fused-ring (bicyclic) bond motifs is 1. The molecule has 4 N–H and O–H groups in total. The monoisotopic (exact) mass is 291 g/mol. The molecule has 1 aliphatic rings. The van der Waals surface area contributed by atoms with Crippen molar-refractivity contribution < 1.29 is 4.39 Å². The summed E-state index contributed by atoms with van der Waals surface area (Å²) in [6, 6.07) is 1.39. The number of halogens is 1. The van der Waals surface area contributed by atoms with E-state index in [0.29, 0.717) is 25.3 Å². The molecule has 0 aromatic carbocycles. The van der Waals surface area contributed by atoms with Gasteiger partial charge in [0.2, 0.25) is 0 Å². The van der Waals surface area contributed by atoms with Gasteiger partial charge in [0.25, 0.3) is 0 Å². The number of aryl methyl sites for hydroxylation is 1. The number of nitrogen functional groups attached to an aromatic ring is 1. The summed E-state index contributed by atoms with van der Waals surface area (Å²) >= 11 is 0. The van der Waals surface area contributed by atoms with Gasteiger partial charge in [0.1, 0.15) is 5.65 Å². The number of rotatable bonds is 2. The fraction of sp³-hybridized carbons (Fsp3) is 0.429. The largest absolute Gasteiger partial charge is 0.396 e. The molecule has 0 saturated carbocycles. The highest BCUT2D eigenvalue weighted by atomic mass is 19.1. The van der Waals surface area contributed by atoms with Gasteiger partial charge in [-0.1, -0.05) is 0 Å². The molecule has 2 aromatic heterocycles. The number of pyridine rings is 2. The topological polar surface area (TPSA) is 90.2 Å². The SMILES string of the molecule is CCn1ccc(=O)c2c(N)c(F)c(N3CCC(N)C3)nc21. The molecule has 1 fully saturated rings. The predicted octanol–water partition coefficient (Wildman–Crippen LogP) is 0.675. The molecule has 1 aliphatic heterocycles. The van der Waals surface area contributed by atoms with Crippen molar-refractivity contribution in [3.8, 4) is 0 Å². The molecule has 1 atom stereocenters. The summed E-state index contributed by atoms with van der Waals surface area (Å²) in [6.45, 7) is 3.72. The Morgan fingerprint density at radius 2 is 2.29 bits per heavy atom. The van der Waals surface area contributed by atoms with Gasteiger partial charge in [0.05, 0.1) is 11.1 Å². The molecule has 112 valence electrons. The molecule has 6 nitrogen and oxygen atoms in total. The Bertz CT molecular complexity index is 757. The zero-order valence-corrected chi connectivity index (χ0v) is 11.8. The molecule has 3 heterocycles. The first kappa shape index (κ1) is 13.8. The van der Waals surface area contributed by atoms with Crippen LogP contribution in [0.4, 0.5) is 15.9 Å². The number of nitrogens with two attached hydrogens (primary N) is 2. The lowest BCUT2D eigenvalue weighted by atomic mass is 10.2. The fourth-order valence-corrected chi connectivity index (χ4v) is 2.76. The first-order chi connectivity index (χ1) is 10.0. The quantitative estimate of drug-likeness (QED) is 0.849. The molecule has 2 aromatic rings. The standard InChI is InChI=1S/C14H18FN5O/c1-2-19-6-4-9(21)10-12(17)11(15)14(18-13(10)19)20-5-3-8(16)7-20/h4,6,8H,2-3,5,7,16H2,1H3,(H2,17,18). The molecular weight excluding hydrogens is 273 g/mol. The maximum atomic E-state index is 14.5. The van der Waals surface area contributed by atoms with Crippen molar-refractivity contribution in [2.24, 2.45) is 5.73 Å². The Morgan fingerprint density at radius 1 is 1.52 bits per heavy atom. The smallest absolute Gasteiger partial charge is 0.193 e. The Balaban J connectivity index is 2.28. The average molecular weight is 291 g/mol. The predicted molar refractivity (Wildman–Crippen MR) is 80.9 cm³/mol. The maximum absolute atomic E-state index is 14.5. The van der Waals surface area contributed by atoms with Crippen LogP contribution in [0.3, 0.4) is 0 Å². The van der Waals surface area contributed by atoms with E-state index in [0.717, 1.165) is 6.42 Å². The van der Waals surface area contributed by atoms with Crippen molar-refractivity contribution in [2.45, 2.75) is 25.9 Å². The number of hydrogen-bond donors (Lipinski definition) is 2. The first-order valence-corrected chi connectivity index (χ1v) is 7.01. The minimum atomic E-state index is -0.637. The lowest BCUT2D eigenvalue weighted by molar-refractivity contribution is 0.620. The Morgan fingerprint density at radius 3 is 2.90 bits per heavy atom. The zero-order chi connectivity index (χ0) is 15.1. The molecule has 3 rings (SSSR count). The molecule has 0 amide bonds. The van der Waals surface area contributed by atoms with Crippen molar-refractivity contribution in [3.63, 3.8) is 0 Å². The number of anilines is 2. The third-order valence-electron chi connectivity index (χ3n) is 3.93. The molecule has 21 heavy (non-hydrogen) atoms. The van der Waals surface area contributed by atoms with E-state index >= 15 is 0 Å². The van der Waals surface area contributed by atoms with Gasteiger partial charge >= 0.3 is 0 Å². The lowest BCUT2D eigenvalue weighted by Crippen LogP contribution is -2.28. The fourth-order valence-electron chi connectivity index (χ4n) is 2.76. The number of nitrogens with zero attached hydrogens (tertiary/aromatic N) is 3. The Labute approximate surface area is 121 Å². The summed E-state index contributed by atoms with van der Waals surface area (Å²) in [6.07, 6.45) is 2.43. The molecule has 1 saturated heterocycles. The van der Waals surface area contributed by atoms with Crippen LogP contribution in [0.5, 0.6) is 0 Å². The minimum Gasteiger partial charge on any atom is -0.396 e. The van der Waals surface area contributed by atoms with Gasteiger partial charge < -0.3 is 20.9 Å². The van der Waals surface area contributed by atoms with E-state index < -0.39 is 5.82 Å². The van der Waals surface area contributed by atoms with E-state index in [-0.39, 0.29) is 28.4 Å². The molecule has 1 unspecified atom stereocenters. The van der Waals surface area contributed by atoms with Crippen LogP contribution in [0.1, 0.15) is 13.3 Å². The normalized spacial score (nSPS) is 18.6. The van der Waals surface area contributed by atoms with Gasteiger partial charge in [-0.05, 0) is 13.3 Å². The van der Waals surface area contributed by atoms with Crippen molar-refractivity contribution in [3.05, 3.63) is 28.3 Å². The molecule has 0 bridgehead atoms. The van der Waals surface area contributed by atoms with E-state index in [4.69, 9.17) is 11.5 Å². The zero-order valence-electron chi connectivity index (χ0n) is 11.8. The van der Waals surface area contributed by atoms with Gasteiger partial charge in [-0.25, -0.2) is 9.37 Å². The number of hydrogen-bond acceptors (Lipinski definition) is 5. The van der Waals surface area contributed by atoms with Crippen molar-refractivity contribution in [1.29, 1.82) is 0 Å². The second-order valence-electron chi connectivity index (χ2n) is 5.32. The molecule has 0 radical (unpaired) electrons. The van der Waals surface area contributed by atoms with E-state index in [1.165, 1.54) is 6.07 Å². The summed E-state index contributed by atoms with van der Waals surface area (Å²) < 4.78 is 16.3. The van der Waals surface area contributed by atoms with Crippen LogP contribution in [0.15, 0.2) is 17.1 Å². The molecule has 0 aliphatic carbocycles. The molecular formula is C14H18FN5O. The average Bonchev–Trinajstić information content (AvgIpc) is 2.89. The summed E-state index contributed by atoms with van der Waals surface area (Å²) in [5.74, 6) is -0.455. The van der Waals surface area contributed by atoms with Gasteiger partial charge in [-0.15, -0.1) is 0 Å². The van der Waals surface area contributed by atoms with Crippen LogP contribution in [-0.4, -0.2) is 28.7 Å². The van der Waals surface area contributed by atoms with Gasteiger partial charge in [-0.2, -0.15) is 0 Å². The van der Waals surface area contributed by atoms with Crippen molar-refractivity contribution >= 4 is 22.5 Å². The van der Waals surface area contributed by atoms with Crippen LogP contribution < -0.4 is 21.8 Å². The summed E-state index contributed by atoms with van der Waals surface area (Å²) in [5, 5.41) is 0.143. The van der Waals surface area contributed by atoms with Gasteiger partial charge in [0.15, 0.2) is 17.1 Å². The highest BCUT2D eigenvalue weighted by molar-refractivity contribution is 5.90. The van der Waals surface area contributed by atoms with E-state index in [1.807, 2.05) is 6.92 Å². The second kappa shape index (κ2) is 5.00. The van der Waals surface area contributed by atoms with Crippen LogP contribution >= 0.6 is 0 Å². The first-order valence-electron chi connectivity index (χ1n) is 7.01. The Hall–Kier alpha value is -2.15. The molecule has 7 heteroatoms. The second-order valence-corrected chi connectivity index (χ2v) is 5.32. The molecule has 0 spiro atoms. The highest BCUT2D eigenvalue weighted by Crippen LogP contribution is 2.29. The van der Waals surface area contributed by atoms with Crippen molar-refractivity contribution in [1.82, 2.24) is 9.55 Å².